The molecule has 0 bridgehead atoms. The molecule has 0 aliphatic carbocycles. The minimum absolute atomic E-state index is 0.0176. The van der Waals surface area contributed by atoms with E-state index in [0.29, 0.717) is 5.75 Å². The van der Waals surface area contributed by atoms with Gasteiger partial charge in [-0.2, -0.15) is 0 Å². The lowest BCUT2D eigenvalue weighted by Gasteiger charge is -2.15. The summed E-state index contributed by atoms with van der Waals surface area (Å²) in [4.78, 5) is 12.6. The third kappa shape index (κ3) is 4.03. The zero-order chi connectivity index (χ0) is 18.5. The third-order valence-electron chi connectivity index (χ3n) is 3.81. The van der Waals surface area contributed by atoms with E-state index in [1.54, 1.807) is 30.3 Å². The summed E-state index contributed by atoms with van der Waals surface area (Å²) in [7, 11) is 0. The molecule has 0 unspecified atom stereocenters. The molecule has 26 heavy (non-hydrogen) atoms. The van der Waals surface area contributed by atoms with E-state index in [4.69, 9.17) is 21.1 Å². The van der Waals surface area contributed by atoms with Crippen molar-refractivity contribution in [1.82, 2.24) is 0 Å². The van der Waals surface area contributed by atoms with Gasteiger partial charge in [-0.3, -0.25) is 0 Å². The molecule has 0 saturated carbocycles. The van der Waals surface area contributed by atoms with Crippen LogP contribution in [-0.4, -0.2) is 5.97 Å². The van der Waals surface area contributed by atoms with E-state index in [9.17, 15) is 9.18 Å². The molecule has 0 N–H and O–H groups in total. The number of hydrogen-bond donors (Lipinski definition) is 0. The summed E-state index contributed by atoms with van der Waals surface area (Å²) >= 11 is 6.15. The molecule has 0 amide bonds. The summed E-state index contributed by atoms with van der Waals surface area (Å²) < 4.78 is 25.2. The Hall–Kier alpha value is -2.85. The molecule has 3 rings (SSSR count). The van der Waals surface area contributed by atoms with E-state index in [2.05, 4.69) is 0 Å². The average molecular weight is 371 g/mol. The normalized spacial score (nSPS) is 10.4. The molecule has 0 fully saturated rings. The fourth-order valence-electron chi connectivity index (χ4n) is 2.46. The third-order valence-corrected chi connectivity index (χ3v) is 4.10. The predicted octanol–water partition coefficient (Wildman–Crippen LogP) is 5.59. The number of benzene rings is 3. The summed E-state index contributed by atoms with van der Waals surface area (Å²) in [5, 5.41) is 0.0176. The lowest BCUT2D eigenvalue weighted by molar-refractivity contribution is 0.0728. The van der Waals surface area contributed by atoms with Crippen LogP contribution in [0.3, 0.4) is 0 Å². The van der Waals surface area contributed by atoms with E-state index in [-0.39, 0.29) is 28.5 Å². The van der Waals surface area contributed by atoms with Crippen molar-refractivity contribution >= 4 is 17.6 Å². The van der Waals surface area contributed by atoms with Gasteiger partial charge in [0, 0.05) is 5.56 Å². The van der Waals surface area contributed by atoms with Crippen LogP contribution < -0.4 is 9.47 Å². The van der Waals surface area contributed by atoms with Crippen LogP contribution in [-0.2, 0) is 6.61 Å². The van der Waals surface area contributed by atoms with Crippen molar-refractivity contribution in [3.8, 4) is 11.5 Å². The maximum atomic E-state index is 14.1. The second-order valence-electron chi connectivity index (χ2n) is 5.65. The number of rotatable bonds is 5. The number of hydrogen-bond acceptors (Lipinski definition) is 3. The second kappa shape index (κ2) is 8.02. The van der Waals surface area contributed by atoms with Crippen molar-refractivity contribution in [2.24, 2.45) is 0 Å². The molecule has 0 radical (unpaired) electrons. The van der Waals surface area contributed by atoms with Crippen LogP contribution in [0.25, 0.3) is 0 Å². The average Bonchev–Trinajstić information content (AvgIpc) is 2.65. The molecular formula is C21H16ClFO3. The Balaban J connectivity index is 1.93. The molecule has 3 nitrogen and oxygen atoms in total. The molecule has 3 aromatic rings. The second-order valence-corrected chi connectivity index (χ2v) is 6.05. The van der Waals surface area contributed by atoms with Gasteiger partial charge < -0.3 is 9.47 Å². The van der Waals surface area contributed by atoms with Gasteiger partial charge in [0.2, 0.25) is 0 Å². The number of halogens is 2. The molecule has 3 aromatic carbocycles. The Bertz CT molecular complexity index is 912. The van der Waals surface area contributed by atoms with Crippen LogP contribution in [0.15, 0.2) is 66.7 Å². The largest absolute Gasteiger partial charge is 0.486 e. The number of ether oxygens (including phenoxy) is 2. The number of esters is 1. The zero-order valence-corrected chi connectivity index (χ0v) is 14.8. The van der Waals surface area contributed by atoms with Gasteiger partial charge >= 0.3 is 5.97 Å². The van der Waals surface area contributed by atoms with Crippen LogP contribution in [0.2, 0.25) is 5.02 Å². The van der Waals surface area contributed by atoms with E-state index in [1.807, 2.05) is 30.3 Å². The summed E-state index contributed by atoms with van der Waals surface area (Å²) in [6.07, 6.45) is 0. The molecular weight excluding hydrogens is 355 g/mol. The van der Waals surface area contributed by atoms with Gasteiger partial charge in [0.05, 0.1) is 5.02 Å². The molecule has 0 aliphatic rings. The lowest BCUT2D eigenvalue weighted by Crippen LogP contribution is -2.14. The molecule has 0 atom stereocenters. The van der Waals surface area contributed by atoms with Crippen molar-refractivity contribution in [3.05, 3.63) is 94.3 Å². The Kier molecular flexibility index (Phi) is 5.54. The van der Waals surface area contributed by atoms with Gasteiger partial charge in [-0.25, -0.2) is 9.18 Å². The Morgan fingerprint density at radius 2 is 1.65 bits per heavy atom. The first-order valence-electron chi connectivity index (χ1n) is 7.99. The smallest absolute Gasteiger partial charge is 0.347 e. The van der Waals surface area contributed by atoms with Gasteiger partial charge in [-0.05, 0) is 30.7 Å². The molecule has 0 aromatic heterocycles. The minimum Gasteiger partial charge on any atom is -0.486 e. The Morgan fingerprint density at radius 1 is 1.04 bits per heavy atom. The number of carbonyl (C=O) groups excluding carboxylic acids is 1. The molecule has 0 aliphatic heterocycles. The fraction of sp³-hybridized carbons (Fsp3) is 0.0952. The molecule has 5 heteroatoms. The maximum Gasteiger partial charge on any atom is 0.347 e. The topological polar surface area (TPSA) is 35.5 Å². The van der Waals surface area contributed by atoms with Crippen molar-refractivity contribution < 1.29 is 18.7 Å². The van der Waals surface area contributed by atoms with Gasteiger partial charge in [-0.15, -0.1) is 0 Å². The van der Waals surface area contributed by atoms with Crippen LogP contribution in [0.1, 0.15) is 21.5 Å². The SMILES string of the molecule is Cc1c(F)cc(Cl)c(OCc2ccccc2)c1C(=O)Oc1ccccc1. The van der Waals surface area contributed by atoms with E-state index < -0.39 is 11.8 Å². The maximum absolute atomic E-state index is 14.1. The highest BCUT2D eigenvalue weighted by Gasteiger charge is 2.24. The summed E-state index contributed by atoms with van der Waals surface area (Å²) in [6.45, 7) is 1.68. The van der Waals surface area contributed by atoms with Crippen molar-refractivity contribution in [1.29, 1.82) is 0 Å². The summed E-state index contributed by atoms with van der Waals surface area (Å²) in [6, 6.07) is 19.1. The van der Waals surface area contributed by atoms with Gasteiger partial charge in [-0.1, -0.05) is 60.1 Å². The number of para-hydroxylation sites is 1. The quantitative estimate of drug-likeness (QED) is 0.434. The first kappa shape index (κ1) is 18.0. The van der Waals surface area contributed by atoms with Crippen molar-refractivity contribution in [2.45, 2.75) is 13.5 Å². The van der Waals surface area contributed by atoms with E-state index in [1.165, 1.54) is 6.92 Å². The van der Waals surface area contributed by atoms with Gasteiger partial charge in [0.15, 0.2) is 5.75 Å². The number of carbonyl (C=O) groups is 1. The van der Waals surface area contributed by atoms with Crippen LogP contribution in [0, 0.1) is 12.7 Å². The lowest BCUT2D eigenvalue weighted by atomic mass is 10.1. The highest BCUT2D eigenvalue weighted by atomic mass is 35.5. The highest BCUT2D eigenvalue weighted by molar-refractivity contribution is 6.32. The van der Waals surface area contributed by atoms with Crippen molar-refractivity contribution in [2.75, 3.05) is 0 Å². The fourth-order valence-corrected chi connectivity index (χ4v) is 2.70. The van der Waals surface area contributed by atoms with Crippen LogP contribution in [0.5, 0.6) is 11.5 Å². The first-order chi connectivity index (χ1) is 12.6. The van der Waals surface area contributed by atoms with E-state index in [0.717, 1.165) is 11.6 Å². The standard InChI is InChI=1S/C21H16ClFO3/c1-14-18(23)12-17(22)20(25-13-15-8-4-2-5-9-15)19(14)21(24)26-16-10-6-3-7-11-16/h2-12H,13H2,1H3. The molecule has 132 valence electrons. The minimum atomic E-state index is -0.724. The molecule has 0 saturated heterocycles. The van der Waals surface area contributed by atoms with Crippen molar-refractivity contribution in [3.63, 3.8) is 0 Å². The van der Waals surface area contributed by atoms with Crippen LogP contribution in [0.4, 0.5) is 4.39 Å². The summed E-state index contributed by atoms with van der Waals surface area (Å²) in [5.41, 5.74) is 1.00. The first-order valence-corrected chi connectivity index (χ1v) is 8.36. The van der Waals surface area contributed by atoms with Crippen LogP contribution >= 0.6 is 11.6 Å². The van der Waals surface area contributed by atoms with Gasteiger partial charge in [0.25, 0.3) is 0 Å². The summed E-state index contributed by atoms with van der Waals surface area (Å²) in [5.74, 6) is -0.859. The monoisotopic (exact) mass is 370 g/mol. The zero-order valence-electron chi connectivity index (χ0n) is 14.0. The van der Waals surface area contributed by atoms with Gasteiger partial charge in [0.1, 0.15) is 23.7 Å². The predicted molar refractivity (Wildman–Crippen MR) is 98.3 cm³/mol. The molecule has 0 heterocycles. The van der Waals surface area contributed by atoms with E-state index >= 15 is 0 Å². The Morgan fingerprint density at radius 3 is 2.31 bits per heavy atom. The molecule has 0 spiro atoms. The Labute approximate surface area is 155 Å². The highest BCUT2D eigenvalue weighted by Crippen LogP contribution is 2.34.